The fourth-order valence-corrected chi connectivity index (χ4v) is 3.61. The Kier molecular flexibility index (Phi) is 5.67. The summed E-state index contributed by atoms with van der Waals surface area (Å²) in [5.74, 6) is 2.87. The minimum absolute atomic E-state index is 0.669. The summed E-state index contributed by atoms with van der Waals surface area (Å²) in [6.45, 7) is 0. The molecule has 5 rings (SSSR count). The van der Waals surface area contributed by atoms with Crippen molar-refractivity contribution in [2.45, 2.75) is 0 Å². The van der Waals surface area contributed by atoms with Crippen LogP contribution in [0.25, 0.3) is 22.3 Å². The first-order chi connectivity index (χ1) is 15.8. The van der Waals surface area contributed by atoms with Gasteiger partial charge in [-0.3, -0.25) is 0 Å². The Bertz CT molecular complexity index is 1210. The maximum atomic E-state index is 6.23. The number of benzene rings is 5. The van der Waals surface area contributed by atoms with E-state index in [2.05, 4.69) is 36.4 Å². The molecule has 0 fully saturated rings. The van der Waals surface area contributed by atoms with E-state index in [1.54, 1.807) is 0 Å². The first kappa shape index (κ1) is 19.7. The Hall–Kier alpha value is -4.30. The standard InChI is InChI=1S/C30H22O2/c1-3-11-23(12-4-1)25-15-9-17-27(21-25)31-29-19-7-8-20-30(29)32-28-18-10-16-26(22-28)24-13-5-2-6-14-24/h1-22H. The van der Waals surface area contributed by atoms with Crippen molar-refractivity contribution in [1.29, 1.82) is 0 Å². The summed E-state index contributed by atoms with van der Waals surface area (Å²) < 4.78 is 12.5. The molecule has 0 saturated heterocycles. The van der Waals surface area contributed by atoms with Crippen LogP contribution in [0.2, 0.25) is 0 Å². The molecule has 5 aromatic rings. The van der Waals surface area contributed by atoms with Gasteiger partial charge in [-0.15, -0.1) is 0 Å². The number of ether oxygens (including phenoxy) is 2. The minimum atomic E-state index is 0.669. The average molecular weight is 415 g/mol. The van der Waals surface area contributed by atoms with E-state index in [9.17, 15) is 0 Å². The number of hydrogen-bond donors (Lipinski definition) is 0. The van der Waals surface area contributed by atoms with Gasteiger partial charge in [0.1, 0.15) is 11.5 Å². The van der Waals surface area contributed by atoms with Gasteiger partial charge in [0.2, 0.25) is 0 Å². The van der Waals surface area contributed by atoms with Crippen LogP contribution in [0.4, 0.5) is 0 Å². The summed E-state index contributed by atoms with van der Waals surface area (Å²) in [7, 11) is 0. The first-order valence-electron chi connectivity index (χ1n) is 10.6. The highest BCUT2D eigenvalue weighted by Crippen LogP contribution is 2.36. The van der Waals surface area contributed by atoms with Crippen molar-refractivity contribution in [3.05, 3.63) is 133 Å². The van der Waals surface area contributed by atoms with E-state index in [1.165, 1.54) is 0 Å². The van der Waals surface area contributed by atoms with Crippen molar-refractivity contribution < 1.29 is 9.47 Å². The molecule has 0 atom stereocenters. The van der Waals surface area contributed by atoms with Gasteiger partial charge in [-0.2, -0.15) is 0 Å². The molecule has 0 aromatic heterocycles. The third kappa shape index (κ3) is 4.55. The smallest absolute Gasteiger partial charge is 0.169 e. The van der Waals surface area contributed by atoms with Gasteiger partial charge in [0.25, 0.3) is 0 Å². The molecule has 0 saturated carbocycles. The molecule has 0 aliphatic heterocycles. The molecule has 32 heavy (non-hydrogen) atoms. The Morgan fingerprint density at radius 2 is 0.688 bits per heavy atom. The van der Waals surface area contributed by atoms with Crippen molar-refractivity contribution in [3.63, 3.8) is 0 Å². The number of rotatable bonds is 6. The zero-order valence-electron chi connectivity index (χ0n) is 17.5. The van der Waals surface area contributed by atoms with Gasteiger partial charge in [-0.05, 0) is 58.7 Å². The highest BCUT2D eigenvalue weighted by atomic mass is 16.5. The molecule has 0 spiro atoms. The molecular weight excluding hydrogens is 392 g/mol. The number of hydrogen-bond acceptors (Lipinski definition) is 2. The van der Waals surface area contributed by atoms with Gasteiger partial charge in [-0.1, -0.05) is 97.1 Å². The minimum Gasteiger partial charge on any atom is -0.453 e. The van der Waals surface area contributed by atoms with Crippen LogP contribution in [0.5, 0.6) is 23.0 Å². The Balaban J connectivity index is 1.40. The quantitative estimate of drug-likeness (QED) is 0.277. The zero-order valence-corrected chi connectivity index (χ0v) is 17.5. The number of para-hydroxylation sites is 2. The molecule has 5 aromatic carbocycles. The van der Waals surface area contributed by atoms with Crippen molar-refractivity contribution >= 4 is 0 Å². The van der Waals surface area contributed by atoms with E-state index in [0.29, 0.717) is 11.5 Å². The Labute approximate surface area is 188 Å². The second-order valence-electron chi connectivity index (χ2n) is 7.44. The van der Waals surface area contributed by atoms with Gasteiger partial charge in [0.15, 0.2) is 11.5 Å². The fraction of sp³-hybridized carbons (Fsp3) is 0. The van der Waals surface area contributed by atoms with Crippen LogP contribution in [-0.2, 0) is 0 Å². The van der Waals surface area contributed by atoms with Gasteiger partial charge in [0.05, 0.1) is 0 Å². The lowest BCUT2D eigenvalue weighted by Gasteiger charge is -2.13. The summed E-state index contributed by atoms with van der Waals surface area (Å²) in [6, 6.07) is 44.5. The molecule has 2 nitrogen and oxygen atoms in total. The molecule has 0 unspecified atom stereocenters. The predicted octanol–water partition coefficient (Wildman–Crippen LogP) is 8.61. The van der Waals surface area contributed by atoms with E-state index in [4.69, 9.17) is 9.47 Å². The lowest BCUT2D eigenvalue weighted by Crippen LogP contribution is -1.91. The Morgan fingerprint density at radius 1 is 0.312 bits per heavy atom. The second kappa shape index (κ2) is 9.23. The van der Waals surface area contributed by atoms with Gasteiger partial charge < -0.3 is 9.47 Å². The van der Waals surface area contributed by atoms with Crippen LogP contribution in [0.1, 0.15) is 0 Å². The highest BCUT2D eigenvalue weighted by molar-refractivity contribution is 5.66. The van der Waals surface area contributed by atoms with Crippen molar-refractivity contribution in [1.82, 2.24) is 0 Å². The molecule has 0 heterocycles. The summed E-state index contributed by atoms with van der Waals surface area (Å²) in [4.78, 5) is 0. The average Bonchev–Trinajstić information content (AvgIpc) is 2.87. The lowest BCUT2D eigenvalue weighted by atomic mass is 10.1. The molecule has 0 aliphatic carbocycles. The predicted molar refractivity (Wildman–Crippen MR) is 130 cm³/mol. The molecule has 0 bridgehead atoms. The first-order valence-corrected chi connectivity index (χ1v) is 10.6. The van der Waals surface area contributed by atoms with Crippen LogP contribution in [0.15, 0.2) is 133 Å². The molecule has 0 radical (unpaired) electrons. The largest absolute Gasteiger partial charge is 0.453 e. The van der Waals surface area contributed by atoms with Crippen LogP contribution in [0.3, 0.4) is 0 Å². The molecule has 0 aliphatic rings. The van der Waals surface area contributed by atoms with Crippen LogP contribution >= 0.6 is 0 Å². The van der Waals surface area contributed by atoms with Crippen LogP contribution in [-0.4, -0.2) is 0 Å². The molecular formula is C30H22O2. The molecule has 0 amide bonds. The van der Waals surface area contributed by atoms with E-state index in [-0.39, 0.29) is 0 Å². The van der Waals surface area contributed by atoms with Gasteiger partial charge >= 0.3 is 0 Å². The van der Waals surface area contributed by atoms with Crippen LogP contribution in [0, 0.1) is 0 Å². The monoisotopic (exact) mass is 414 g/mol. The van der Waals surface area contributed by atoms with Crippen molar-refractivity contribution in [3.8, 4) is 45.3 Å². The van der Waals surface area contributed by atoms with E-state index >= 15 is 0 Å². The van der Waals surface area contributed by atoms with Crippen molar-refractivity contribution in [2.24, 2.45) is 0 Å². The molecule has 2 heteroatoms. The van der Waals surface area contributed by atoms with Crippen LogP contribution < -0.4 is 9.47 Å². The van der Waals surface area contributed by atoms with E-state index < -0.39 is 0 Å². The third-order valence-electron chi connectivity index (χ3n) is 5.19. The molecule has 154 valence electrons. The molecule has 0 N–H and O–H groups in total. The fourth-order valence-electron chi connectivity index (χ4n) is 3.61. The maximum absolute atomic E-state index is 6.23. The summed E-state index contributed by atoms with van der Waals surface area (Å²) in [6.07, 6.45) is 0. The summed E-state index contributed by atoms with van der Waals surface area (Å²) in [5, 5.41) is 0. The second-order valence-corrected chi connectivity index (χ2v) is 7.44. The summed E-state index contributed by atoms with van der Waals surface area (Å²) >= 11 is 0. The lowest BCUT2D eigenvalue weighted by molar-refractivity contribution is 0.419. The van der Waals surface area contributed by atoms with Gasteiger partial charge in [-0.25, -0.2) is 0 Å². The summed E-state index contributed by atoms with van der Waals surface area (Å²) in [5.41, 5.74) is 4.52. The van der Waals surface area contributed by atoms with Crippen molar-refractivity contribution in [2.75, 3.05) is 0 Å². The van der Waals surface area contributed by atoms with Gasteiger partial charge in [0, 0.05) is 0 Å². The third-order valence-corrected chi connectivity index (χ3v) is 5.19. The van der Waals surface area contributed by atoms with E-state index in [1.807, 2.05) is 97.1 Å². The maximum Gasteiger partial charge on any atom is 0.169 e. The zero-order chi connectivity index (χ0) is 21.6. The Morgan fingerprint density at radius 3 is 1.12 bits per heavy atom. The highest BCUT2D eigenvalue weighted by Gasteiger charge is 2.09. The van der Waals surface area contributed by atoms with E-state index in [0.717, 1.165) is 33.8 Å². The normalized spacial score (nSPS) is 10.5. The SMILES string of the molecule is c1ccc(-c2cccc(Oc3ccccc3Oc3cccc(-c4ccccc4)c3)c2)cc1. The topological polar surface area (TPSA) is 18.5 Å².